The molecule has 0 unspecified atom stereocenters. The number of fused-ring (bicyclic) bond motifs is 1. The summed E-state index contributed by atoms with van der Waals surface area (Å²) >= 11 is 0. The Morgan fingerprint density at radius 3 is 2.47 bits per heavy atom. The van der Waals surface area contributed by atoms with Crippen LogP contribution in [-0.2, 0) is 25.6 Å². The van der Waals surface area contributed by atoms with E-state index in [0.717, 1.165) is 16.5 Å². The number of nitrogens with two attached hydrogens (primary N) is 1. The monoisotopic (exact) mass is 415 g/mol. The molecule has 4 amide bonds. The van der Waals surface area contributed by atoms with E-state index >= 15 is 0 Å². The van der Waals surface area contributed by atoms with Crippen LogP contribution in [0.5, 0.6) is 0 Å². The number of H-pyrrole nitrogens is 1. The maximum atomic E-state index is 12.6. The Kier molecular flexibility index (Phi) is 7.97. The van der Waals surface area contributed by atoms with Crippen LogP contribution in [0.25, 0.3) is 10.9 Å². The summed E-state index contributed by atoms with van der Waals surface area (Å²) < 4.78 is 0. The van der Waals surface area contributed by atoms with Gasteiger partial charge in [0.1, 0.15) is 12.1 Å². The maximum absolute atomic E-state index is 12.6. The fourth-order valence-electron chi connectivity index (χ4n) is 3.22. The number of amides is 4. The van der Waals surface area contributed by atoms with Crippen molar-refractivity contribution in [2.24, 2.45) is 11.7 Å². The lowest BCUT2D eigenvalue weighted by atomic mass is 9.98. The third-order valence-electron chi connectivity index (χ3n) is 5.05. The van der Waals surface area contributed by atoms with Gasteiger partial charge in [0.2, 0.25) is 23.6 Å². The number of benzene rings is 1. The van der Waals surface area contributed by atoms with Gasteiger partial charge in [-0.25, -0.2) is 0 Å². The lowest BCUT2D eigenvalue weighted by Crippen LogP contribution is -2.53. The minimum absolute atomic E-state index is 0.129. The van der Waals surface area contributed by atoms with Gasteiger partial charge >= 0.3 is 0 Å². The van der Waals surface area contributed by atoms with Crippen molar-refractivity contribution in [1.29, 1.82) is 0 Å². The van der Waals surface area contributed by atoms with E-state index in [1.807, 2.05) is 38.1 Å². The van der Waals surface area contributed by atoms with Gasteiger partial charge in [-0.2, -0.15) is 0 Å². The van der Waals surface area contributed by atoms with Gasteiger partial charge in [-0.15, -0.1) is 0 Å². The molecule has 9 heteroatoms. The smallest absolute Gasteiger partial charge is 0.243 e. The van der Waals surface area contributed by atoms with Crippen LogP contribution in [0.4, 0.5) is 0 Å². The largest absolute Gasteiger partial charge is 0.368 e. The molecule has 1 aromatic heterocycles. The highest BCUT2D eigenvalue weighted by Crippen LogP contribution is 2.19. The number of aromatic amines is 1. The van der Waals surface area contributed by atoms with Gasteiger partial charge in [0.25, 0.3) is 0 Å². The van der Waals surface area contributed by atoms with Gasteiger partial charge in [-0.1, -0.05) is 38.5 Å². The first-order chi connectivity index (χ1) is 14.2. The van der Waals surface area contributed by atoms with Crippen molar-refractivity contribution in [1.82, 2.24) is 20.9 Å². The summed E-state index contributed by atoms with van der Waals surface area (Å²) in [6.45, 7) is 4.69. The zero-order chi connectivity index (χ0) is 22.3. The second-order valence-corrected chi connectivity index (χ2v) is 7.37. The lowest BCUT2D eigenvalue weighted by Gasteiger charge is -2.22. The van der Waals surface area contributed by atoms with E-state index < -0.39 is 29.8 Å². The maximum Gasteiger partial charge on any atom is 0.243 e. The Morgan fingerprint density at radius 2 is 1.83 bits per heavy atom. The quantitative estimate of drug-likeness (QED) is 0.381. The van der Waals surface area contributed by atoms with E-state index in [-0.39, 0.29) is 24.8 Å². The molecule has 2 rings (SSSR count). The Morgan fingerprint density at radius 1 is 1.13 bits per heavy atom. The van der Waals surface area contributed by atoms with Crippen molar-refractivity contribution >= 4 is 34.5 Å². The average Bonchev–Trinajstić information content (AvgIpc) is 3.11. The second-order valence-electron chi connectivity index (χ2n) is 7.37. The Bertz CT molecular complexity index is 923. The molecule has 30 heavy (non-hydrogen) atoms. The standard InChI is InChI=1S/C21H29N5O4/c1-4-12(2)19(20(22)29)26-18(28)11-24-21(30)17(25-13(3)27)9-14-10-23-16-8-6-5-7-15(14)16/h5-8,10,12,17,19,23H,4,9,11H2,1-3H3,(H2,22,29)(H,24,30)(H,25,27)(H,26,28)/t12-,17-,19-/m0/s1. The summed E-state index contributed by atoms with van der Waals surface area (Å²) in [5.74, 6) is -2.13. The van der Waals surface area contributed by atoms with Crippen molar-refractivity contribution in [3.05, 3.63) is 36.0 Å². The zero-order valence-electron chi connectivity index (χ0n) is 17.5. The molecule has 0 aliphatic rings. The fourth-order valence-corrected chi connectivity index (χ4v) is 3.22. The minimum Gasteiger partial charge on any atom is -0.368 e. The number of carbonyl (C=O) groups excluding carboxylic acids is 4. The van der Waals surface area contributed by atoms with Crippen LogP contribution >= 0.6 is 0 Å². The van der Waals surface area contributed by atoms with E-state index in [1.165, 1.54) is 6.92 Å². The van der Waals surface area contributed by atoms with Gasteiger partial charge in [-0.05, 0) is 17.5 Å². The van der Waals surface area contributed by atoms with E-state index in [0.29, 0.717) is 6.42 Å². The summed E-state index contributed by atoms with van der Waals surface area (Å²) in [5.41, 5.74) is 7.15. The number of hydrogen-bond acceptors (Lipinski definition) is 4. The van der Waals surface area contributed by atoms with Crippen LogP contribution in [-0.4, -0.2) is 47.2 Å². The molecule has 0 radical (unpaired) electrons. The summed E-state index contributed by atoms with van der Waals surface area (Å²) in [7, 11) is 0. The van der Waals surface area contributed by atoms with Crippen molar-refractivity contribution in [3.63, 3.8) is 0 Å². The van der Waals surface area contributed by atoms with Crippen LogP contribution in [0.1, 0.15) is 32.8 Å². The molecule has 2 aromatic rings. The van der Waals surface area contributed by atoms with Gasteiger partial charge < -0.3 is 26.7 Å². The molecule has 0 fully saturated rings. The first kappa shape index (κ1) is 22.9. The highest BCUT2D eigenvalue weighted by atomic mass is 16.2. The molecule has 0 aliphatic heterocycles. The number of para-hydroxylation sites is 1. The van der Waals surface area contributed by atoms with E-state index in [2.05, 4.69) is 20.9 Å². The first-order valence-corrected chi connectivity index (χ1v) is 9.91. The van der Waals surface area contributed by atoms with Crippen LogP contribution in [0.15, 0.2) is 30.5 Å². The number of hydrogen-bond donors (Lipinski definition) is 5. The predicted octanol–water partition coefficient (Wildman–Crippen LogP) is 0.348. The van der Waals surface area contributed by atoms with Crippen molar-refractivity contribution in [2.75, 3.05) is 6.54 Å². The molecule has 0 aliphatic carbocycles. The van der Waals surface area contributed by atoms with Gasteiger partial charge in [0.05, 0.1) is 6.54 Å². The molecule has 0 saturated carbocycles. The third-order valence-corrected chi connectivity index (χ3v) is 5.05. The normalized spacial score (nSPS) is 13.8. The second kappa shape index (κ2) is 10.4. The summed E-state index contributed by atoms with van der Waals surface area (Å²) in [4.78, 5) is 51.1. The Labute approximate surface area is 175 Å². The third kappa shape index (κ3) is 6.07. The van der Waals surface area contributed by atoms with Gasteiger partial charge in [-0.3, -0.25) is 19.2 Å². The van der Waals surface area contributed by atoms with E-state index in [9.17, 15) is 19.2 Å². The van der Waals surface area contributed by atoms with E-state index in [1.54, 1.807) is 6.20 Å². The SMILES string of the molecule is CC[C@H](C)[C@H](NC(=O)CNC(=O)[C@H](Cc1c[nH]c2ccccc12)NC(C)=O)C(N)=O. The molecule has 0 spiro atoms. The fraction of sp³-hybridized carbons (Fsp3) is 0.429. The van der Waals surface area contributed by atoms with Crippen LogP contribution < -0.4 is 21.7 Å². The summed E-state index contributed by atoms with van der Waals surface area (Å²) in [6.07, 6.45) is 2.71. The first-order valence-electron chi connectivity index (χ1n) is 9.91. The highest BCUT2D eigenvalue weighted by molar-refractivity contribution is 5.93. The molecule has 9 nitrogen and oxygen atoms in total. The molecule has 3 atom stereocenters. The molecule has 0 saturated heterocycles. The number of nitrogens with one attached hydrogen (secondary N) is 4. The molecule has 1 heterocycles. The number of primary amides is 1. The minimum atomic E-state index is -0.851. The predicted molar refractivity (Wildman–Crippen MR) is 113 cm³/mol. The van der Waals surface area contributed by atoms with Gasteiger partial charge in [0, 0.05) is 30.4 Å². The van der Waals surface area contributed by atoms with Crippen molar-refractivity contribution < 1.29 is 19.2 Å². The Hall–Kier alpha value is -3.36. The lowest BCUT2D eigenvalue weighted by molar-refractivity contribution is -0.131. The van der Waals surface area contributed by atoms with E-state index in [4.69, 9.17) is 5.73 Å². The molecule has 6 N–H and O–H groups in total. The topological polar surface area (TPSA) is 146 Å². The zero-order valence-corrected chi connectivity index (χ0v) is 17.5. The van der Waals surface area contributed by atoms with Crippen LogP contribution in [0.3, 0.4) is 0 Å². The van der Waals surface area contributed by atoms with Crippen LogP contribution in [0.2, 0.25) is 0 Å². The molecule has 1 aromatic carbocycles. The van der Waals surface area contributed by atoms with Crippen molar-refractivity contribution in [2.45, 2.75) is 45.7 Å². The van der Waals surface area contributed by atoms with Gasteiger partial charge in [0.15, 0.2) is 0 Å². The van der Waals surface area contributed by atoms with Crippen LogP contribution in [0, 0.1) is 5.92 Å². The van der Waals surface area contributed by atoms with Crippen molar-refractivity contribution in [3.8, 4) is 0 Å². The number of rotatable bonds is 10. The Balaban J connectivity index is 2.02. The highest BCUT2D eigenvalue weighted by Gasteiger charge is 2.25. The number of aromatic nitrogens is 1. The average molecular weight is 415 g/mol. The molecule has 162 valence electrons. The summed E-state index contributed by atoms with van der Waals surface area (Å²) in [5, 5.41) is 8.65. The molecule has 0 bridgehead atoms. The summed E-state index contributed by atoms with van der Waals surface area (Å²) in [6, 6.07) is 5.98. The molecular weight excluding hydrogens is 386 g/mol. The number of carbonyl (C=O) groups is 4. The molecular formula is C21H29N5O4.